The largest absolute Gasteiger partial charge is 0.347 e. The van der Waals surface area contributed by atoms with Gasteiger partial charge in [-0.15, -0.1) is 0 Å². The molecule has 37 heavy (non-hydrogen) atoms. The average Bonchev–Trinajstić information content (AvgIpc) is 3.28. The highest BCUT2D eigenvalue weighted by Gasteiger charge is 2.42. The first-order valence-electron chi connectivity index (χ1n) is 12.9. The first-order valence-corrected chi connectivity index (χ1v) is 12.9. The quantitative estimate of drug-likeness (QED) is 0.312. The molecule has 1 unspecified atom stereocenters. The summed E-state index contributed by atoms with van der Waals surface area (Å²) in [5.41, 5.74) is 4.88. The number of unbranched alkanes of at least 4 members (excludes halogenated alkanes) is 1. The molecule has 1 aromatic heterocycles. The van der Waals surface area contributed by atoms with Gasteiger partial charge in [0, 0.05) is 24.0 Å². The highest BCUT2D eigenvalue weighted by molar-refractivity contribution is 6.12. The molecule has 0 radical (unpaired) electrons. The van der Waals surface area contributed by atoms with Crippen LogP contribution in [0.2, 0.25) is 0 Å². The summed E-state index contributed by atoms with van der Waals surface area (Å²) in [5.74, 6) is 0.143. The number of nitrogens with one attached hydrogen (secondary N) is 1. The number of imidazole rings is 1. The molecule has 2 heterocycles. The van der Waals surface area contributed by atoms with Crippen molar-refractivity contribution in [2.24, 2.45) is 4.99 Å². The average molecular weight is 502 g/mol. The van der Waals surface area contributed by atoms with Crippen molar-refractivity contribution in [1.82, 2.24) is 19.8 Å². The molecule has 0 saturated carbocycles. The maximum Gasteiger partial charge on any atom is 0.259 e. The lowest BCUT2D eigenvalue weighted by Crippen LogP contribution is -2.62. The van der Waals surface area contributed by atoms with E-state index in [1.165, 1.54) is 12.1 Å². The van der Waals surface area contributed by atoms with Gasteiger partial charge >= 0.3 is 0 Å². The lowest BCUT2D eigenvalue weighted by atomic mass is 9.87. The number of aryl methyl sites for hydroxylation is 2. The zero-order chi connectivity index (χ0) is 26.7. The van der Waals surface area contributed by atoms with Crippen LogP contribution in [0.5, 0.6) is 0 Å². The fourth-order valence-electron chi connectivity index (χ4n) is 4.63. The monoisotopic (exact) mass is 501 g/mol. The van der Waals surface area contributed by atoms with Crippen molar-refractivity contribution >= 4 is 17.9 Å². The number of aromatic nitrogens is 2. The number of carbonyl (C=O) groups excluding carboxylic acids is 1. The van der Waals surface area contributed by atoms with Gasteiger partial charge in [0.25, 0.3) is 5.91 Å². The zero-order valence-corrected chi connectivity index (χ0v) is 22.5. The van der Waals surface area contributed by atoms with Crippen molar-refractivity contribution in [3.05, 3.63) is 88.8 Å². The minimum atomic E-state index is -0.630. The molecule has 1 saturated heterocycles. The van der Waals surface area contributed by atoms with Crippen molar-refractivity contribution in [3.63, 3.8) is 0 Å². The maximum atomic E-state index is 14.1. The van der Waals surface area contributed by atoms with Crippen LogP contribution < -0.4 is 5.32 Å². The van der Waals surface area contributed by atoms with E-state index in [1.54, 1.807) is 17.0 Å². The molecular weight excluding hydrogens is 465 g/mol. The van der Waals surface area contributed by atoms with Gasteiger partial charge in [-0.1, -0.05) is 31.5 Å². The molecule has 6 nitrogen and oxygen atoms in total. The molecule has 3 aromatic rings. The number of amides is 1. The summed E-state index contributed by atoms with van der Waals surface area (Å²) in [5, 5.41) is 3.52. The van der Waals surface area contributed by atoms with E-state index in [1.807, 2.05) is 63.0 Å². The van der Waals surface area contributed by atoms with Gasteiger partial charge in [-0.3, -0.25) is 14.7 Å². The van der Waals surface area contributed by atoms with E-state index >= 15 is 0 Å². The zero-order valence-electron chi connectivity index (χ0n) is 22.5. The number of aliphatic imine (C=N–C) groups is 1. The summed E-state index contributed by atoms with van der Waals surface area (Å²) in [6, 6.07) is 12.1. The summed E-state index contributed by atoms with van der Waals surface area (Å²) in [6.07, 6.45) is 7.70. The first-order chi connectivity index (χ1) is 17.6. The van der Waals surface area contributed by atoms with Crippen LogP contribution in [0.4, 0.5) is 4.39 Å². The molecule has 7 heteroatoms. The van der Waals surface area contributed by atoms with Crippen LogP contribution in [0.1, 0.15) is 69.0 Å². The molecule has 0 aliphatic carbocycles. The Bertz CT molecular complexity index is 1340. The molecule has 4 rings (SSSR count). The predicted molar refractivity (Wildman–Crippen MR) is 147 cm³/mol. The number of hydrogen-bond acceptors (Lipinski definition) is 3. The second-order valence-electron chi connectivity index (χ2n) is 10.2. The van der Waals surface area contributed by atoms with E-state index in [2.05, 4.69) is 30.2 Å². The van der Waals surface area contributed by atoms with Crippen molar-refractivity contribution in [1.29, 1.82) is 0 Å². The van der Waals surface area contributed by atoms with Crippen molar-refractivity contribution in [2.75, 3.05) is 6.54 Å². The standard InChI is InChI=1S/C30H36FN5O/c1-7-8-15-32-29-34-30(5,6)26(28(37)36(29)22(4)24-10-12-25(31)13-11-24)17-23-9-14-27(20(2)16-23)35-18-21(3)33-19-35/h9-14,16-19,22H,7-8,15H2,1-6H3,(H,32,34)/b26-17-. The van der Waals surface area contributed by atoms with Crippen molar-refractivity contribution in [2.45, 2.75) is 66.0 Å². The molecule has 0 bridgehead atoms. The van der Waals surface area contributed by atoms with Crippen LogP contribution in [-0.2, 0) is 4.79 Å². The molecule has 2 aromatic carbocycles. The summed E-state index contributed by atoms with van der Waals surface area (Å²) in [7, 11) is 0. The molecule has 0 spiro atoms. The van der Waals surface area contributed by atoms with E-state index < -0.39 is 5.54 Å². The number of benzene rings is 2. The van der Waals surface area contributed by atoms with Gasteiger partial charge in [0.1, 0.15) is 5.82 Å². The van der Waals surface area contributed by atoms with Crippen LogP contribution in [0.25, 0.3) is 11.8 Å². The fraction of sp³-hybridized carbons (Fsp3) is 0.367. The van der Waals surface area contributed by atoms with Crippen LogP contribution in [0, 0.1) is 19.7 Å². The number of halogens is 1. The Morgan fingerprint density at radius 2 is 1.89 bits per heavy atom. The van der Waals surface area contributed by atoms with Gasteiger partial charge in [0.05, 0.1) is 23.6 Å². The van der Waals surface area contributed by atoms with Gasteiger partial charge in [-0.25, -0.2) is 9.37 Å². The predicted octanol–water partition coefficient (Wildman–Crippen LogP) is 6.14. The van der Waals surface area contributed by atoms with Gasteiger partial charge in [0.2, 0.25) is 5.96 Å². The molecule has 1 aliphatic heterocycles. The Labute approximate surface area is 218 Å². The van der Waals surface area contributed by atoms with E-state index in [4.69, 9.17) is 4.99 Å². The summed E-state index contributed by atoms with van der Waals surface area (Å²) in [6.45, 7) is 12.7. The minimum Gasteiger partial charge on any atom is -0.347 e. The first kappa shape index (κ1) is 26.3. The van der Waals surface area contributed by atoms with Gasteiger partial charge in [0.15, 0.2) is 0 Å². The van der Waals surface area contributed by atoms with Gasteiger partial charge < -0.3 is 9.88 Å². The normalized spacial score (nSPS) is 18.4. The number of hydrogen-bond donors (Lipinski definition) is 1. The Kier molecular flexibility index (Phi) is 7.62. The summed E-state index contributed by atoms with van der Waals surface area (Å²) < 4.78 is 15.6. The third-order valence-electron chi connectivity index (χ3n) is 6.81. The Balaban J connectivity index is 1.73. The Morgan fingerprint density at radius 3 is 2.51 bits per heavy atom. The smallest absolute Gasteiger partial charge is 0.259 e. The fourth-order valence-corrected chi connectivity index (χ4v) is 4.63. The topological polar surface area (TPSA) is 62.5 Å². The molecule has 1 atom stereocenters. The Morgan fingerprint density at radius 1 is 1.16 bits per heavy atom. The van der Waals surface area contributed by atoms with E-state index in [0.29, 0.717) is 18.1 Å². The molecular formula is C30H36FN5O. The third-order valence-corrected chi connectivity index (χ3v) is 6.81. The van der Waals surface area contributed by atoms with Gasteiger partial charge in [-0.05, 0) is 88.1 Å². The van der Waals surface area contributed by atoms with Crippen LogP contribution >= 0.6 is 0 Å². The van der Waals surface area contributed by atoms with Crippen LogP contribution in [0.15, 0.2) is 65.6 Å². The Hall–Kier alpha value is -3.74. The molecule has 1 aliphatic rings. The van der Waals surface area contributed by atoms with Crippen molar-refractivity contribution < 1.29 is 9.18 Å². The van der Waals surface area contributed by atoms with E-state index in [9.17, 15) is 9.18 Å². The lowest BCUT2D eigenvalue weighted by molar-refractivity contribution is -0.126. The number of guanidine groups is 1. The molecule has 194 valence electrons. The third kappa shape index (κ3) is 5.66. The number of carbonyl (C=O) groups is 1. The summed E-state index contributed by atoms with van der Waals surface area (Å²) in [4.78, 5) is 24.9. The summed E-state index contributed by atoms with van der Waals surface area (Å²) >= 11 is 0. The highest BCUT2D eigenvalue weighted by atomic mass is 19.1. The second kappa shape index (κ2) is 10.7. The highest BCUT2D eigenvalue weighted by Crippen LogP contribution is 2.32. The molecule has 1 amide bonds. The molecule has 1 N–H and O–H groups in total. The number of rotatable bonds is 7. The van der Waals surface area contributed by atoms with Crippen LogP contribution in [0.3, 0.4) is 0 Å². The maximum absolute atomic E-state index is 14.1. The second-order valence-corrected chi connectivity index (χ2v) is 10.2. The minimum absolute atomic E-state index is 0.109. The SMILES string of the molecule is CCCC/N=C1\NC(C)(C)/C(=C\c2ccc(-n3cnc(C)c3)c(C)c2)C(=O)N1C(C)c1ccc(F)cc1. The van der Waals surface area contributed by atoms with Crippen molar-refractivity contribution in [3.8, 4) is 5.69 Å². The van der Waals surface area contributed by atoms with Gasteiger partial charge in [-0.2, -0.15) is 0 Å². The lowest BCUT2D eigenvalue weighted by Gasteiger charge is -2.43. The molecule has 1 fully saturated rings. The number of nitrogens with zero attached hydrogens (tertiary/aromatic N) is 4. The van der Waals surface area contributed by atoms with E-state index in [0.717, 1.165) is 40.9 Å². The van der Waals surface area contributed by atoms with E-state index in [-0.39, 0.29) is 17.8 Å². The van der Waals surface area contributed by atoms with Crippen LogP contribution in [-0.4, -0.2) is 38.4 Å².